The summed E-state index contributed by atoms with van der Waals surface area (Å²) < 4.78 is 5.76. The van der Waals surface area contributed by atoms with E-state index in [9.17, 15) is 29.7 Å². The Bertz CT molecular complexity index is 865. The molecule has 3 N–H and O–H groups in total. The van der Waals surface area contributed by atoms with Crippen LogP contribution in [0.1, 0.15) is 78.6 Å². The van der Waals surface area contributed by atoms with Crippen molar-refractivity contribution in [3.8, 4) is 0 Å². The molecule has 0 amide bonds. The van der Waals surface area contributed by atoms with Crippen LogP contribution in [0.4, 0.5) is 0 Å². The zero-order chi connectivity index (χ0) is 24.2. The predicted octanol–water partition coefficient (Wildman–Crippen LogP) is 3.26. The number of carbonyl (C=O) groups excluding carboxylic acids is 3. The number of esters is 1. The largest absolute Gasteiger partial charge is 0.502 e. The highest BCUT2D eigenvalue weighted by Gasteiger charge is 2.71. The standard InChI is InChI=1S/C26H38O7/c1-4-5-19(29)23(32)33-26(21(31)14-27)11-9-18-17-7-6-15-12-16(28)8-10-24(15,2)22(17)20(30)13-25(18,26)3/h5,15-18,22,27-29H,4,6-14H2,1-3H3/b19-5-/t15-,16-,17+,18+,22-,24+,25+,26+/m1/s1. The fourth-order valence-corrected chi connectivity index (χ4v) is 8.34. The lowest BCUT2D eigenvalue weighted by Crippen LogP contribution is -2.63. The van der Waals surface area contributed by atoms with Crippen LogP contribution in [0.25, 0.3) is 0 Å². The van der Waals surface area contributed by atoms with Gasteiger partial charge in [0.1, 0.15) is 12.4 Å². The summed E-state index contributed by atoms with van der Waals surface area (Å²) in [7, 11) is 0. The highest BCUT2D eigenvalue weighted by Crippen LogP contribution is 2.68. The molecule has 33 heavy (non-hydrogen) atoms. The summed E-state index contributed by atoms with van der Waals surface area (Å²) in [5, 5.41) is 30.1. The first-order valence-corrected chi connectivity index (χ1v) is 12.5. The summed E-state index contributed by atoms with van der Waals surface area (Å²) in [6, 6.07) is 0. The second kappa shape index (κ2) is 8.49. The third kappa shape index (κ3) is 3.49. The van der Waals surface area contributed by atoms with E-state index in [4.69, 9.17) is 4.74 Å². The molecule has 4 aliphatic rings. The maximum atomic E-state index is 13.8. The van der Waals surface area contributed by atoms with Crippen LogP contribution in [0.3, 0.4) is 0 Å². The van der Waals surface area contributed by atoms with Crippen LogP contribution in [0.5, 0.6) is 0 Å². The second-order valence-corrected chi connectivity index (χ2v) is 11.4. The Labute approximate surface area is 195 Å². The maximum Gasteiger partial charge on any atom is 0.374 e. The van der Waals surface area contributed by atoms with E-state index >= 15 is 0 Å². The molecule has 4 aliphatic carbocycles. The average Bonchev–Trinajstić information content (AvgIpc) is 3.06. The molecule has 0 aliphatic heterocycles. The topological polar surface area (TPSA) is 121 Å². The lowest BCUT2D eigenvalue weighted by molar-refractivity contribution is -0.195. The molecule has 0 radical (unpaired) electrons. The van der Waals surface area contributed by atoms with Gasteiger partial charge in [0.2, 0.25) is 5.78 Å². The van der Waals surface area contributed by atoms with Gasteiger partial charge in [-0.3, -0.25) is 9.59 Å². The van der Waals surface area contributed by atoms with Crippen LogP contribution in [0, 0.1) is 34.5 Å². The highest BCUT2D eigenvalue weighted by atomic mass is 16.6. The quantitative estimate of drug-likeness (QED) is 0.326. The lowest BCUT2D eigenvalue weighted by Gasteiger charge is -2.60. The molecular formula is C26H38O7. The molecule has 0 spiro atoms. The predicted molar refractivity (Wildman–Crippen MR) is 120 cm³/mol. The molecule has 4 rings (SSSR count). The third-order valence-electron chi connectivity index (χ3n) is 9.91. The van der Waals surface area contributed by atoms with Crippen molar-refractivity contribution in [3.05, 3.63) is 11.8 Å². The van der Waals surface area contributed by atoms with Crippen molar-refractivity contribution >= 4 is 17.5 Å². The van der Waals surface area contributed by atoms with Crippen molar-refractivity contribution in [1.29, 1.82) is 0 Å². The van der Waals surface area contributed by atoms with Crippen LogP contribution in [-0.2, 0) is 19.1 Å². The fourth-order valence-electron chi connectivity index (χ4n) is 8.34. The van der Waals surface area contributed by atoms with Crippen LogP contribution in [0.2, 0.25) is 0 Å². The molecule has 0 heterocycles. The molecule has 0 aromatic heterocycles. The number of allylic oxidation sites excluding steroid dienone is 1. The van der Waals surface area contributed by atoms with Gasteiger partial charge in [-0.2, -0.15) is 0 Å². The number of ketones is 2. The van der Waals surface area contributed by atoms with E-state index in [2.05, 4.69) is 6.92 Å². The molecule has 0 aromatic rings. The van der Waals surface area contributed by atoms with Gasteiger partial charge in [-0.05, 0) is 80.6 Å². The number of fused-ring (bicyclic) bond motifs is 5. The van der Waals surface area contributed by atoms with Crippen molar-refractivity contribution in [1.82, 2.24) is 0 Å². The van der Waals surface area contributed by atoms with Gasteiger partial charge < -0.3 is 20.1 Å². The zero-order valence-corrected chi connectivity index (χ0v) is 20.0. The minimum atomic E-state index is -1.62. The normalized spacial score (nSPS) is 45.1. The summed E-state index contributed by atoms with van der Waals surface area (Å²) in [4.78, 5) is 39.6. The summed E-state index contributed by atoms with van der Waals surface area (Å²) in [6.07, 6.45) is 6.50. The lowest BCUT2D eigenvalue weighted by atomic mass is 9.44. The molecule has 0 bridgehead atoms. The van der Waals surface area contributed by atoms with E-state index < -0.39 is 35.1 Å². The molecule has 7 heteroatoms. The smallest absolute Gasteiger partial charge is 0.374 e. The molecule has 4 fully saturated rings. The first kappa shape index (κ1) is 24.4. The van der Waals surface area contributed by atoms with Gasteiger partial charge in [0, 0.05) is 17.8 Å². The van der Waals surface area contributed by atoms with Gasteiger partial charge in [-0.1, -0.05) is 20.8 Å². The van der Waals surface area contributed by atoms with Crippen LogP contribution < -0.4 is 0 Å². The maximum absolute atomic E-state index is 13.8. The Morgan fingerprint density at radius 2 is 1.88 bits per heavy atom. The van der Waals surface area contributed by atoms with Crippen LogP contribution >= 0.6 is 0 Å². The third-order valence-corrected chi connectivity index (χ3v) is 9.91. The van der Waals surface area contributed by atoms with Crippen LogP contribution in [0.15, 0.2) is 11.8 Å². The van der Waals surface area contributed by atoms with E-state index in [1.54, 1.807) is 6.92 Å². The summed E-state index contributed by atoms with van der Waals surface area (Å²) in [5.74, 6) is -1.75. The van der Waals surface area contributed by atoms with Crippen molar-refractivity contribution in [2.45, 2.75) is 90.3 Å². The molecule has 7 nitrogen and oxygen atoms in total. The number of ether oxygens (including phenoxy) is 1. The Morgan fingerprint density at radius 1 is 1.15 bits per heavy atom. The van der Waals surface area contributed by atoms with Gasteiger partial charge >= 0.3 is 5.97 Å². The van der Waals surface area contributed by atoms with Gasteiger partial charge in [0.15, 0.2) is 11.4 Å². The van der Waals surface area contributed by atoms with E-state index in [1.165, 1.54) is 6.08 Å². The highest BCUT2D eigenvalue weighted by molar-refractivity contribution is 5.96. The summed E-state index contributed by atoms with van der Waals surface area (Å²) in [6.45, 7) is 5.05. The van der Waals surface area contributed by atoms with E-state index in [-0.39, 0.29) is 47.9 Å². The molecular weight excluding hydrogens is 424 g/mol. The van der Waals surface area contributed by atoms with E-state index in [1.807, 2.05) is 6.92 Å². The van der Waals surface area contributed by atoms with Crippen molar-refractivity contribution in [2.24, 2.45) is 34.5 Å². The van der Waals surface area contributed by atoms with Crippen molar-refractivity contribution < 1.29 is 34.4 Å². The van der Waals surface area contributed by atoms with Gasteiger partial charge in [0.25, 0.3) is 0 Å². The SMILES string of the molecule is CC/C=C(\O)C(=O)O[C@]1(C(=O)CO)CC[C@H]2[C@@H]3CC[C@@H]4C[C@H](O)CC[C@]4(C)[C@H]3C(=O)C[C@@]21C. The average molecular weight is 463 g/mol. The Morgan fingerprint density at radius 3 is 2.55 bits per heavy atom. The Hall–Kier alpha value is -1.73. The monoisotopic (exact) mass is 462 g/mol. The number of hydrogen-bond donors (Lipinski definition) is 3. The van der Waals surface area contributed by atoms with E-state index in [0.717, 1.165) is 25.7 Å². The number of aliphatic hydroxyl groups is 3. The van der Waals surface area contributed by atoms with Gasteiger partial charge in [-0.15, -0.1) is 0 Å². The minimum Gasteiger partial charge on any atom is -0.502 e. The van der Waals surface area contributed by atoms with Gasteiger partial charge in [0.05, 0.1) is 6.10 Å². The fraction of sp³-hybridized carbons (Fsp3) is 0.808. The summed E-state index contributed by atoms with van der Waals surface area (Å²) >= 11 is 0. The molecule has 0 unspecified atom stereocenters. The molecule has 0 saturated heterocycles. The van der Waals surface area contributed by atoms with Crippen molar-refractivity contribution in [2.75, 3.05) is 6.61 Å². The van der Waals surface area contributed by atoms with Crippen molar-refractivity contribution in [3.63, 3.8) is 0 Å². The van der Waals surface area contributed by atoms with Crippen LogP contribution in [-0.4, -0.2) is 51.2 Å². The molecule has 8 atom stereocenters. The van der Waals surface area contributed by atoms with Gasteiger partial charge in [-0.25, -0.2) is 4.79 Å². The first-order chi connectivity index (χ1) is 15.5. The number of rotatable bonds is 5. The number of hydrogen-bond acceptors (Lipinski definition) is 7. The summed E-state index contributed by atoms with van der Waals surface area (Å²) in [5.41, 5.74) is -2.71. The van der Waals surface area contributed by atoms with E-state index in [0.29, 0.717) is 25.2 Å². The molecule has 184 valence electrons. The minimum absolute atomic E-state index is 0.00502. The second-order valence-electron chi connectivity index (χ2n) is 11.4. The molecule has 4 saturated carbocycles. The number of carbonyl (C=O) groups is 3. The Kier molecular flexibility index (Phi) is 6.28. The number of Topliss-reactive ketones (excluding diaryl/α,β-unsaturated/α-hetero) is 2. The first-order valence-electron chi connectivity index (χ1n) is 12.5. The molecule has 0 aromatic carbocycles. The number of aliphatic hydroxyl groups excluding tert-OH is 3. The Balaban J connectivity index is 1.71. The zero-order valence-electron chi connectivity index (χ0n) is 20.0.